The summed E-state index contributed by atoms with van der Waals surface area (Å²) >= 11 is 0. The van der Waals surface area contributed by atoms with Gasteiger partial charge in [-0.2, -0.15) is 0 Å². The number of fused-ring (bicyclic) bond motifs is 3. The summed E-state index contributed by atoms with van der Waals surface area (Å²) in [4.78, 5) is 14.4. The van der Waals surface area contributed by atoms with Gasteiger partial charge >= 0.3 is 0 Å². The maximum Gasteiger partial charge on any atom is 0.225 e. The van der Waals surface area contributed by atoms with Crippen LogP contribution in [-0.2, 0) is 4.79 Å². The molecule has 3 aliphatic rings. The minimum atomic E-state index is 0.297. The van der Waals surface area contributed by atoms with Gasteiger partial charge in [0.25, 0.3) is 0 Å². The summed E-state index contributed by atoms with van der Waals surface area (Å²) in [6.07, 6.45) is 7.95. The summed E-state index contributed by atoms with van der Waals surface area (Å²) < 4.78 is 5.79. The number of rotatable bonds is 6. The molecule has 24 heavy (non-hydrogen) atoms. The zero-order valence-electron chi connectivity index (χ0n) is 14.2. The lowest BCUT2D eigenvalue weighted by atomic mass is 9.79. The molecule has 2 saturated heterocycles. The Morgan fingerprint density at radius 2 is 1.96 bits per heavy atom. The third-order valence-corrected chi connectivity index (χ3v) is 4.92. The Balaban J connectivity index is 1.41. The first-order chi connectivity index (χ1) is 11.8. The fraction of sp³-hybridized carbons (Fsp3) is 0.476. The number of benzene rings is 1. The predicted octanol–water partition coefficient (Wildman–Crippen LogP) is 3.78. The van der Waals surface area contributed by atoms with E-state index in [-0.39, 0.29) is 0 Å². The average molecular weight is 323 g/mol. The average Bonchev–Trinajstić information content (AvgIpc) is 2.62. The van der Waals surface area contributed by atoms with Gasteiger partial charge in [-0.1, -0.05) is 17.9 Å². The summed E-state index contributed by atoms with van der Waals surface area (Å²) in [5.74, 6) is 7.64. The number of carbonyl (C=O) groups excluding carboxylic acids is 1. The van der Waals surface area contributed by atoms with Crippen molar-refractivity contribution in [2.75, 3.05) is 13.2 Å². The van der Waals surface area contributed by atoms with Gasteiger partial charge in [-0.15, -0.1) is 6.58 Å². The molecular formula is C21H25NO2. The molecule has 4 rings (SSSR count). The molecule has 2 heterocycles. The maximum absolute atomic E-state index is 12.3. The molecule has 1 saturated carbocycles. The molecule has 3 nitrogen and oxygen atoms in total. The summed E-state index contributed by atoms with van der Waals surface area (Å²) in [6, 6.07) is 8.32. The van der Waals surface area contributed by atoms with Crippen LogP contribution in [0.5, 0.6) is 5.75 Å². The Kier molecular flexibility index (Phi) is 5.59. The first-order valence-electron chi connectivity index (χ1n) is 8.91. The highest BCUT2D eigenvalue weighted by molar-refractivity contribution is 5.80. The molecule has 0 atom stereocenters. The van der Waals surface area contributed by atoms with E-state index in [1.54, 1.807) is 6.08 Å². The number of amides is 1. The Morgan fingerprint density at radius 3 is 2.62 bits per heavy atom. The van der Waals surface area contributed by atoms with E-state index in [2.05, 4.69) is 23.3 Å². The predicted molar refractivity (Wildman–Crippen MR) is 95.7 cm³/mol. The number of allylic oxidation sites excluding steroid dienone is 1. The number of ether oxygens (including phenoxy) is 1. The molecule has 1 aromatic carbocycles. The van der Waals surface area contributed by atoms with Gasteiger partial charge in [0, 0.05) is 30.5 Å². The molecular weight excluding hydrogens is 298 g/mol. The first-order valence-corrected chi connectivity index (χ1v) is 8.91. The Labute approximate surface area is 144 Å². The van der Waals surface area contributed by atoms with Gasteiger partial charge in [-0.05, 0) is 56.4 Å². The van der Waals surface area contributed by atoms with Crippen LogP contribution < -0.4 is 4.74 Å². The van der Waals surface area contributed by atoms with Crippen molar-refractivity contribution in [2.45, 2.75) is 44.6 Å². The SMILES string of the molecule is C=CCC#Cc1ccc(OCCCN2C(=O)C3CCC2CC3)cc1. The molecule has 1 amide bonds. The van der Waals surface area contributed by atoms with E-state index in [0.29, 0.717) is 30.9 Å². The Bertz CT molecular complexity index is 630. The molecule has 0 radical (unpaired) electrons. The van der Waals surface area contributed by atoms with E-state index in [1.165, 1.54) is 12.8 Å². The molecule has 2 bridgehead atoms. The second kappa shape index (κ2) is 8.06. The van der Waals surface area contributed by atoms with Gasteiger partial charge < -0.3 is 9.64 Å². The molecule has 1 aromatic rings. The second-order valence-corrected chi connectivity index (χ2v) is 6.56. The van der Waals surface area contributed by atoms with E-state index in [0.717, 1.165) is 37.1 Å². The Morgan fingerprint density at radius 1 is 1.21 bits per heavy atom. The summed E-state index contributed by atoms with van der Waals surface area (Å²) in [7, 11) is 0. The van der Waals surface area contributed by atoms with Crippen molar-refractivity contribution in [1.82, 2.24) is 4.90 Å². The van der Waals surface area contributed by atoms with Crippen LogP contribution in [0.1, 0.15) is 44.1 Å². The number of carbonyl (C=O) groups is 1. The zero-order chi connectivity index (χ0) is 16.8. The molecule has 3 fully saturated rings. The van der Waals surface area contributed by atoms with Gasteiger partial charge in [0.05, 0.1) is 6.61 Å². The third-order valence-electron chi connectivity index (χ3n) is 4.92. The highest BCUT2D eigenvalue weighted by Crippen LogP contribution is 2.35. The molecule has 3 heteroatoms. The minimum absolute atomic E-state index is 0.297. The lowest BCUT2D eigenvalue weighted by Crippen LogP contribution is -2.52. The molecule has 0 unspecified atom stereocenters. The molecule has 2 aliphatic heterocycles. The van der Waals surface area contributed by atoms with Crippen molar-refractivity contribution in [3.8, 4) is 17.6 Å². The fourth-order valence-electron chi connectivity index (χ4n) is 3.63. The molecule has 0 aromatic heterocycles. The van der Waals surface area contributed by atoms with Crippen LogP contribution in [0, 0.1) is 17.8 Å². The van der Waals surface area contributed by atoms with Crippen molar-refractivity contribution in [3.05, 3.63) is 42.5 Å². The molecule has 0 spiro atoms. The topological polar surface area (TPSA) is 29.5 Å². The lowest BCUT2D eigenvalue weighted by molar-refractivity contribution is -0.147. The smallest absolute Gasteiger partial charge is 0.225 e. The molecule has 1 aliphatic carbocycles. The van der Waals surface area contributed by atoms with Crippen molar-refractivity contribution in [3.63, 3.8) is 0 Å². The third kappa shape index (κ3) is 4.00. The standard InChI is InChI=1S/C21H25NO2/c1-2-3-4-6-17-7-13-20(14-8-17)24-16-5-15-22-19-11-9-18(10-12-19)21(22)23/h2,7-8,13-14,18-19H,1,3,5,9-12,15-16H2. The van der Waals surface area contributed by atoms with Crippen molar-refractivity contribution >= 4 is 5.91 Å². The quantitative estimate of drug-likeness (QED) is 0.453. The minimum Gasteiger partial charge on any atom is -0.494 e. The van der Waals surface area contributed by atoms with Crippen LogP contribution in [0.25, 0.3) is 0 Å². The second-order valence-electron chi connectivity index (χ2n) is 6.56. The summed E-state index contributed by atoms with van der Waals surface area (Å²) in [5.41, 5.74) is 0.985. The number of hydrogen-bond acceptors (Lipinski definition) is 2. The maximum atomic E-state index is 12.3. The highest BCUT2D eigenvalue weighted by Gasteiger charge is 2.39. The van der Waals surface area contributed by atoms with Crippen LogP contribution in [0.15, 0.2) is 36.9 Å². The lowest BCUT2D eigenvalue weighted by Gasteiger charge is -2.44. The van der Waals surface area contributed by atoms with E-state index in [4.69, 9.17) is 4.74 Å². The monoisotopic (exact) mass is 323 g/mol. The Hall–Kier alpha value is -2.21. The first kappa shape index (κ1) is 16.6. The number of nitrogens with zero attached hydrogens (tertiary/aromatic N) is 1. The zero-order valence-corrected chi connectivity index (χ0v) is 14.2. The van der Waals surface area contributed by atoms with Crippen LogP contribution in [0.2, 0.25) is 0 Å². The van der Waals surface area contributed by atoms with Gasteiger partial charge in [0.1, 0.15) is 5.75 Å². The van der Waals surface area contributed by atoms with Gasteiger partial charge in [-0.3, -0.25) is 4.79 Å². The van der Waals surface area contributed by atoms with Gasteiger partial charge in [0.2, 0.25) is 5.91 Å². The number of piperidine rings is 2. The van der Waals surface area contributed by atoms with E-state index in [1.807, 2.05) is 24.3 Å². The van der Waals surface area contributed by atoms with E-state index in [9.17, 15) is 4.79 Å². The van der Waals surface area contributed by atoms with Crippen LogP contribution in [0.4, 0.5) is 0 Å². The van der Waals surface area contributed by atoms with E-state index < -0.39 is 0 Å². The van der Waals surface area contributed by atoms with Crippen molar-refractivity contribution in [2.24, 2.45) is 5.92 Å². The van der Waals surface area contributed by atoms with Crippen LogP contribution in [0.3, 0.4) is 0 Å². The largest absolute Gasteiger partial charge is 0.494 e. The number of hydrogen-bond donors (Lipinski definition) is 0. The summed E-state index contributed by atoms with van der Waals surface area (Å²) in [6.45, 7) is 5.12. The fourth-order valence-corrected chi connectivity index (χ4v) is 3.63. The van der Waals surface area contributed by atoms with Crippen LogP contribution >= 0.6 is 0 Å². The van der Waals surface area contributed by atoms with Gasteiger partial charge in [0.15, 0.2) is 0 Å². The van der Waals surface area contributed by atoms with Crippen molar-refractivity contribution in [1.29, 1.82) is 0 Å². The van der Waals surface area contributed by atoms with Crippen molar-refractivity contribution < 1.29 is 9.53 Å². The van der Waals surface area contributed by atoms with E-state index >= 15 is 0 Å². The molecule has 0 N–H and O–H groups in total. The normalized spacial score (nSPS) is 22.0. The molecule has 126 valence electrons. The summed E-state index contributed by atoms with van der Waals surface area (Å²) in [5, 5.41) is 0. The highest BCUT2D eigenvalue weighted by atomic mass is 16.5. The van der Waals surface area contributed by atoms with Gasteiger partial charge in [-0.25, -0.2) is 0 Å². The van der Waals surface area contributed by atoms with Crippen LogP contribution in [-0.4, -0.2) is 30.0 Å².